The number of nitrogens with one attached hydrogen (secondary N) is 1. The van der Waals surface area contributed by atoms with Crippen LogP contribution in [0.1, 0.15) is 27.4 Å². The lowest BCUT2D eigenvalue weighted by molar-refractivity contribution is -0.115. The fraction of sp³-hybridized carbons (Fsp3) is 0.0455. The molecule has 6 heteroatoms. The molecule has 1 aliphatic heterocycles. The van der Waals surface area contributed by atoms with E-state index in [1.165, 1.54) is 12.1 Å². The van der Waals surface area contributed by atoms with Gasteiger partial charge in [0.2, 0.25) is 5.91 Å². The van der Waals surface area contributed by atoms with Gasteiger partial charge in [0.1, 0.15) is 5.92 Å². The van der Waals surface area contributed by atoms with E-state index in [0.29, 0.717) is 11.4 Å². The molecule has 138 valence electrons. The van der Waals surface area contributed by atoms with Crippen molar-refractivity contribution < 1.29 is 14.7 Å². The first-order valence-corrected chi connectivity index (χ1v) is 9.40. The van der Waals surface area contributed by atoms with Crippen LogP contribution in [0.3, 0.4) is 0 Å². The molecule has 5 nitrogen and oxygen atoms in total. The van der Waals surface area contributed by atoms with Gasteiger partial charge in [-0.25, -0.2) is 4.79 Å². The van der Waals surface area contributed by atoms with Crippen LogP contribution >= 0.6 is 15.9 Å². The summed E-state index contributed by atoms with van der Waals surface area (Å²) >= 11 is 3.41. The van der Waals surface area contributed by atoms with Crippen LogP contribution < -0.4 is 5.32 Å². The van der Waals surface area contributed by atoms with Crippen molar-refractivity contribution in [1.29, 1.82) is 0 Å². The van der Waals surface area contributed by atoms with Gasteiger partial charge >= 0.3 is 5.97 Å². The van der Waals surface area contributed by atoms with Crippen molar-refractivity contribution in [2.24, 2.45) is 4.99 Å². The number of carboxylic acid groups (broad SMARTS) is 1. The van der Waals surface area contributed by atoms with E-state index in [0.717, 1.165) is 21.3 Å². The number of rotatable bonds is 4. The number of aromatic carboxylic acids is 1. The van der Waals surface area contributed by atoms with Crippen LogP contribution in [-0.2, 0) is 4.79 Å². The van der Waals surface area contributed by atoms with E-state index in [4.69, 9.17) is 4.99 Å². The third-order valence-corrected chi connectivity index (χ3v) is 5.08. The fourth-order valence-corrected chi connectivity index (χ4v) is 3.49. The van der Waals surface area contributed by atoms with E-state index in [1.54, 1.807) is 6.07 Å². The van der Waals surface area contributed by atoms with Crippen LogP contribution in [0.5, 0.6) is 0 Å². The van der Waals surface area contributed by atoms with E-state index >= 15 is 0 Å². The summed E-state index contributed by atoms with van der Waals surface area (Å²) in [6.07, 6.45) is 0. The van der Waals surface area contributed by atoms with Crippen molar-refractivity contribution in [2.75, 3.05) is 5.32 Å². The predicted octanol–water partition coefficient (Wildman–Crippen LogP) is 5.00. The summed E-state index contributed by atoms with van der Waals surface area (Å²) in [6.45, 7) is 0. The van der Waals surface area contributed by atoms with E-state index in [1.807, 2.05) is 54.6 Å². The molecule has 0 fully saturated rings. The minimum atomic E-state index is -1.03. The van der Waals surface area contributed by atoms with Crippen molar-refractivity contribution in [3.8, 4) is 0 Å². The summed E-state index contributed by atoms with van der Waals surface area (Å²) in [7, 11) is 0. The minimum absolute atomic E-state index is 0.130. The van der Waals surface area contributed by atoms with Gasteiger partial charge in [0.05, 0.1) is 17.0 Å². The molecule has 0 spiro atoms. The van der Waals surface area contributed by atoms with Gasteiger partial charge in [0, 0.05) is 10.2 Å². The number of anilines is 1. The Hall–Kier alpha value is -3.25. The molecule has 0 aromatic heterocycles. The number of aliphatic imine (C=N–C) groups is 1. The van der Waals surface area contributed by atoms with Gasteiger partial charge in [-0.15, -0.1) is 0 Å². The first-order valence-electron chi connectivity index (χ1n) is 8.60. The lowest BCUT2D eigenvalue weighted by atomic mass is 9.90. The quantitative estimate of drug-likeness (QED) is 0.566. The molecule has 3 aromatic rings. The molecule has 1 atom stereocenters. The average Bonchev–Trinajstić information content (AvgIpc) is 3.03. The Bertz CT molecular complexity index is 1090. The maximum Gasteiger partial charge on any atom is 0.335 e. The van der Waals surface area contributed by atoms with Gasteiger partial charge in [-0.3, -0.25) is 9.79 Å². The van der Waals surface area contributed by atoms with Crippen molar-refractivity contribution in [2.45, 2.75) is 5.92 Å². The predicted molar refractivity (Wildman–Crippen MR) is 112 cm³/mol. The summed E-state index contributed by atoms with van der Waals surface area (Å²) in [5.41, 5.74) is 3.53. The minimum Gasteiger partial charge on any atom is -0.478 e. The van der Waals surface area contributed by atoms with Crippen LogP contribution in [0.25, 0.3) is 0 Å². The highest BCUT2D eigenvalue weighted by atomic mass is 79.9. The Labute approximate surface area is 169 Å². The molecule has 0 aliphatic carbocycles. The van der Waals surface area contributed by atoms with Gasteiger partial charge in [0.15, 0.2) is 0 Å². The van der Waals surface area contributed by atoms with Crippen LogP contribution in [0.4, 0.5) is 11.4 Å². The third-order valence-electron chi connectivity index (χ3n) is 4.55. The van der Waals surface area contributed by atoms with Crippen molar-refractivity contribution in [1.82, 2.24) is 0 Å². The van der Waals surface area contributed by atoms with E-state index < -0.39 is 11.9 Å². The molecule has 0 bridgehead atoms. The highest BCUT2D eigenvalue weighted by molar-refractivity contribution is 9.10. The van der Waals surface area contributed by atoms with Gasteiger partial charge in [0.25, 0.3) is 0 Å². The number of halogens is 1. The molecule has 0 saturated carbocycles. The standard InChI is InChI=1S/C22H15BrN2O3/c23-15-7-9-16(10-8-15)24-20(13-4-2-1-3-5-13)19-17-11-6-14(22(27)28)12-18(17)25-21(19)26/h1-12,19H,(H,25,26)(H,27,28). The summed E-state index contributed by atoms with van der Waals surface area (Å²) in [5.74, 6) is -1.88. The van der Waals surface area contributed by atoms with Crippen LogP contribution in [0, 0.1) is 0 Å². The molecule has 0 saturated heterocycles. The van der Waals surface area contributed by atoms with Crippen LogP contribution in [0.15, 0.2) is 82.3 Å². The molecular weight excluding hydrogens is 420 g/mol. The number of nitrogens with zero attached hydrogens (tertiary/aromatic N) is 1. The Morgan fingerprint density at radius 2 is 1.68 bits per heavy atom. The Kier molecular flexibility index (Phi) is 4.79. The lowest BCUT2D eigenvalue weighted by Crippen LogP contribution is -2.21. The molecule has 1 amide bonds. The average molecular weight is 435 g/mol. The largest absolute Gasteiger partial charge is 0.478 e. The molecule has 1 heterocycles. The first kappa shape index (κ1) is 18.1. The van der Waals surface area contributed by atoms with Crippen molar-refractivity contribution in [3.05, 3.63) is 94.0 Å². The number of carbonyl (C=O) groups is 2. The van der Waals surface area contributed by atoms with Crippen molar-refractivity contribution >= 4 is 44.9 Å². The molecule has 28 heavy (non-hydrogen) atoms. The molecular formula is C22H15BrN2O3. The van der Waals surface area contributed by atoms with E-state index in [2.05, 4.69) is 21.2 Å². The third kappa shape index (κ3) is 3.46. The maximum absolute atomic E-state index is 12.8. The van der Waals surface area contributed by atoms with Crippen LogP contribution in [0.2, 0.25) is 0 Å². The SMILES string of the molecule is O=C(O)c1ccc2c(c1)NC(=O)C2C(=Nc1ccc(Br)cc1)c1ccccc1. The Balaban J connectivity index is 1.85. The maximum atomic E-state index is 12.8. The van der Waals surface area contributed by atoms with Crippen molar-refractivity contribution in [3.63, 3.8) is 0 Å². The number of amides is 1. The highest BCUT2D eigenvalue weighted by Crippen LogP contribution is 2.37. The molecule has 0 radical (unpaired) electrons. The van der Waals surface area contributed by atoms with Gasteiger partial charge in [-0.05, 0) is 47.5 Å². The summed E-state index contributed by atoms with van der Waals surface area (Å²) in [5, 5.41) is 12.0. The molecule has 2 N–H and O–H groups in total. The summed E-state index contributed by atoms with van der Waals surface area (Å²) in [6, 6.07) is 21.7. The highest BCUT2D eigenvalue weighted by Gasteiger charge is 2.35. The first-order chi connectivity index (χ1) is 13.5. The molecule has 4 rings (SSSR count). The monoisotopic (exact) mass is 434 g/mol. The Morgan fingerprint density at radius 1 is 0.964 bits per heavy atom. The van der Waals surface area contributed by atoms with E-state index in [9.17, 15) is 14.7 Å². The number of hydrogen-bond acceptors (Lipinski definition) is 3. The smallest absolute Gasteiger partial charge is 0.335 e. The lowest BCUT2D eigenvalue weighted by Gasteiger charge is -2.14. The zero-order valence-corrected chi connectivity index (χ0v) is 16.2. The number of carboxylic acids is 1. The van der Waals surface area contributed by atoms with Crippen LogP contribution in [-0.4, -0.2) is 22.7 Å². The normalized spacial score (nSPS) is 15.8. The second kappa shape index (κ2) is 7.40. The zero-order chi connectivity index (χ0) is 19.7. The second-order valence-corrected chi connectivity index (χ2v) is 7.28. The zero-order valence-electron chi connectivity index (χ0n) is 14.6. The number of benzene rings is 3. The number of hydrogen-bond donors (Lipinski definition) is 2. The van der Waals surface area contributed by atoms with Gasteiger partial charge < -0.3 is 10.4 Å². The summed E-state index contributed by atoms with van der Waals surface area (Å²) in [4.78, 5) is 28.8. The molecule has 1 aliphatic rings. The summed E-state index contributed by atoms with van der Waals surface area (Å²) < 4.78 is 0.942. The molecule has 1 unspecified atom stereocenters. The van der Waals surface area contributed by atoms with E-state index in [-0.39, 0.29) is 11.5 Å². The van der Waals surface area contributed by atoms with Gasteiger partial charge in [-0.2, -0.15) is 0 Å². The number of fused-ring (bicyclic) bond motifs is 1. The van der Waals surface area contributed by atoms with Gasteiger partial charge in [-0.1, -0.05) is 52.3 Å². The molecule has 3 aromatic carbocycles. The fourth-order valence-electron chi connectivity index (χ4n) is 3.23. The number of carbonyl (C=O) groups excluding carboxylic acids is 1. The Morgan fingerprint density at radius 3 is 2.36 bits per heavy atom. The topological polar surface area (TPSA) is 78.8 Å². The second-order valence-electron chi connectivity index (χ2n) is 6.37.